The lowest BCUT2D eigenvalue weighted by Crippen LogP contribution is -2.08. The molecule has 0 aromatic heterocycles. The Bertz CT molecular complexity index is 329. The van der Waals surface area contributed by atoms with E-state index in [0.29, 0.717) is 12.8 Å². The number of benzene rings is 1. The van der Waals surface area contributed by atoms with Crippen LogP contribution >= 0.6 is 0 Å². The molecule has 0 radical (unpaired) electrons. The molecule has 1 nitrogen and oxygen atoms in total. The van der Waals surface area contributed by atoms with Gasteiger partial charge in [0.1, 0.15) is 0 Å². The third-order valence-electron chi connectivity index (χ3n) is 2.03. The minimum Gasteiger partial charge on any atom is -0.392 e. The van der Waals surface area contributed by atoms with Gasteiger partial charge in [-0.1, -0.05) is 24.1 Å². The summed E-state index contributed by atoms with van der Waals surface area (Å²) < 4.78 is 0. The van der Waals surface area contributed by atoms with E-state index in [0.717, 1.165) is 11.1 Å². The zero-order valence-corrected chi connectivity index (χ0v) is 8.11. The Kier molecular flexibility index (Phi) is 3.97. The van der Waals surface area contributed by atoms with Crippen molar-refractivity contribution in [1.82, 2.24) is 0 Å². The average Bonchev–Trinajstić information content (AvgIpc) is 2.19. The van der Waals surface area contributed by atoms with Crippen LogP contribution in [0.1, 0.15) is 17.5 Å². The molecule has 0 spiro atoms. The maximum Gasteiger partial charge on any atom is 0.0614 e. The molecule has 0 unspecified atom stereocenters. The number of hydrogen-bond donors (Lipinski definition) is 1. The van der Waals surface area contributed by atoms with Gasteiger partial charge in [-0.05, 0) is 30.5 Å². The first-order valence-electron chi connectivity index (χ1n) is 4.60. The highest BCUT2D eigenvalue weighted by atomic mass is 16.3. The van der Waals surface area contributed by atoms with Crippen molar-refractivity contribution in [3.05, 3.63) is 48.0 Å². The molecule has 72 valence electrons. The van der Waals surface area contributed by atoms with Crippen molar-refractivity contribution in [3.63, 3.8) is 0 Å². The summed E-state index contributed by atoms with van der Waals surface area (Å²) in [6.07, 6.45) is 7.89. The summed E-state index contributed by atoms with van der Waals surface area (Å²) >= 11 is 0. The molecule has 0 aliphatic carbocycles. The van der Waals surface area contributed by atoms with Crippen LogP contribution in [0.4, 0.5) is 0 Å². The van der Waals surface area contributed by atoms with E-state index in [2.05, 4.69) is 12.5 Å². The summed E-state index contributed by atoms with van der Waals surface area (Å²) in [5.74, 6) is 2.55. The monoisotopic (exact) mass is 186 g/mol. The largest absolute Gasteiger partial charge is 0.392 e. The highest BCUT2D eigenvalue weighted by molar-refractivity contribution is 5.34. The molecular formula is C13H14O. The van der Waals surface area contributed by atoms with E-state index in [1.54, 1.807) is 6.08 Å². The summed E-state index contributed by atoms with van der Waals surface area (Å²) in [5, 5.41) is 9.52. The highest BCUT2D eigenvalue weighted by Gasteiger charge is 2.02. The Morgan fingerprint density at radius 1 is 1.43 bits per heavy atom. The van der Waals surface area contributed by atoms with Gasteiger partial charge in [0.05, 0.1) is 6.10 Å². The van der Waals surface area contributed by atoms with Gasteiger partial charge in [0.2, 0.25) is 0 Å². The molecule has 0 fully saturated rings. The van der Waals surface area contributed by atoms with Crippen molar-refractivity contribution >= 4 is 0 Å². The van der Waals surface area contributed by atoms with Crippen LogP contribution in [0.3, 0.4) is 0 Å². The van der Waals surface area contributed by atoms with Crippen LogP contribution in [-0.2, 0) is 6.42 Å². The smallest absolute Gasteiger partial charge is 0.0614 e. The fourth-order valence-electron chi connectivity index (χ4n) is 1.28. The number of terminal acetylenes is 1. The van der Waals surface area contributed by atoms with Crippen molar-refractivity contribution in [3.8, 4) is 12.3 Å². The minimum atomic E-state index is -0.343. The average molecular weight is 186 g/mol. The van der Waals surface area contributed by atoms with Gasteiger partial charge in [-0.3, -0.25) is 0 Å². The summed E-state index contributed by atoms with van der Waals surface area (Å²) in [7, 11) is 0. The van der Waals surface area contributed by atoms with E-state index < -0.39 is 0 Å². The molecule has 1 heteroatoms. The van der Waals surface area contributed by atoms with Crippen molar-refractivity contribution in [1.29, 1.82) is 0 Å². The Hall–Kier alpha value is -1.52. The van der Waals surface area contributed by atoms with E-state index in [1.807, 2.05) is 24.3 Å². The van der Waals surface area contributed by atoms with E-state index in [9.17, 15) is 5.11 Å². The third kappa shape index (κ3) is 3.08. The molecule has 0 aliphatic heterocycles. The molecule has 14 heavy (non-hydrogen) atoms. The fraction of sp³-hybridized carbons (Fsp3) is 0.231. The molecule has 0 amide bonds. The Morgan fingerprint density at radius 3 is 2.57 bits per heavy atom. The van der Waals surface area contributed by atoms with Gasteiger partial charge in [0.25, 0.3) is 0 Å². The van der Waals surface area contributed by atoms with Crippen LogP contribution in [0.5, 0.6) is 0 Å². The highest BCUT2D eigenvalue weighted by Crippen LogP contribution is 2.08. The van der Waals surface area contributed by atoms with Gasteiger partial charge >= 0.3 is 0 Å². The van der Waals surface area contributed by atoms with E-state index in [-0.39, 0.29) is 6.10 Å². The fourth-order valence-corrected chi connectivity index (χ4v) is 1.28. The lowest BCUT2D eigenvalue weighted by Gasteiger charge is -2.07. The third-order valence-corrected chi connectivity index (χ3v) is 2.03. The van der Waals surface area contributed by atoms with E-state index >= 15 is 0 Å². The van der Waals surface area contributed by atoms with Gasteiger partial charge in [-0.15, -0.1) is 13.0 Å². The van der Waals surface area contributed by atoms with Gasteiger partial charge in [0, 0.05) is 5.56 Å². The van der Waals surface area contributed by atoms with Crippen LogP contribution in [0.15, 0.2) is 36.9 Å². The first kappa shape index (κ1) is 10.6. The lowest BCUT2D eigenvalue weighted by atomic mass is 10.0. The first-order chi connectivity index (χ1) is 6.76. The summed E-state index contributed by atoms with van der Waals surface area (Å²) in [5.41, 5.74) is 1.96. The lowest BCUT2D eigenvalue weighted by molar-refractivity contribution is 0.178. The Labute approximate surface area is 85.1 Å². The maximum atomic E-state index is 9.52. The molecule has 0 saturated carbocycles. The molecule has 0 aliphatic rings. The molecule has 1 N–H and O–H groups in total. The first-order valence-corrected chi connectivity index (χ1v) is 4.60. The van der Waals surface area contributed by atoms with Crippen LogP contribution < -0.4 is 0 Å². The SMILES string of the molecule is C#Cc1ccc(C[C@@H](O)CC=C)cc1. The predicted octanol–water partition coefficient (Wildman–Crippen LogP) is 2.15. The van der Waals surface area contributed by atoms with Crippen molar-refractivity contribution in [2.75, 3.05) is 0 Å². The number of aliphatic hydroxyl groups is 1. The molecule has 1 rings (SSSR count). The molecule has 1 aromatic carbocycles. The molecule has 0 heterocycles. The summed E-state index contributed by atoms with van der Waals surface area (Å²) in [6, 6.07) is 7.66. The second-order valence-corrected chi connectivity index (χ2v) is 3.22. The number of aliphatic hydroxyl groups excluding tert-OH is 1. The molecular weight excluding hydrogens is 172 g/mol. The minimum absolute atomic E-state index is 0.343. The van der Waals surface area contributed by atoms with Crippen LogP contribution in [0.25, 0.3) is 0 Å². The standard InChI is InChI=1S/C13H14O/c1-3-5-13(14)10-12-8-6-11(4-2)7-9-12/h2-3,6-9,13-14H,1,5,10H2/t13-/m0/s1. The molecule has 1 aromatic rings. The van der Waals surface area contributed by atoms with Crippen LogP contribution in [0.2, 0.25) is 0 Å². The van der Waals surface area contributed by atoms with Crippen molar-refractivity contribution < 1.29 is 5.11 Å². The quantitative estimate of drug-likeness (QED) is 0.564. The Morgan fingerprint density at radius 2 is 2.07 bits per heavy atom. The van der Waals surface area contributed by atoms with Crippen LogP contribution in [0, 0.1) is 12.3 Å². The molecule has 0 saturated heterocycles. The maximum absolute atomic E-state index is 9.52. The summed E-state index contributed by atoms with van der Waals surface area (Å²) in [4.78, 5) is 0. The number of rotatable bonds is 4. The second kappa shape index (κ2) is 5.26. The Balaban J connectivity index is 2.60. The van der Waals surface area contributed by atoms with Gasteiger partial charge in [0.15, 0.2) is 0 Å². The predicted molar refractivity (Wildman–Crippen MR) is 58.9 cm³/mol. The van der Waals surface area contributed by atoms with Gasteiger partial charge in [-0.2, -0.15) is 0 Å². The second-order valence-electron chi connectivity index (χ2n) is 3.22. The zero-order valence-electron chi connectivity index (χ0n) is 8.11. The normalized spacial score (nSPS) is 11.7. The van der Waals surface area contributed by atoms with Gasteiger partial charge < -0.3 is 5.11 Å². The van der Waals surface area contributed by atoms with Crippen molar-refractivity contribution in [2.24, 2.45) is 0 Å². The zero-order chi connectivity index (χ0) is 10.4. The topological polar surface area (TPSA) is 20.2 Å². The molecule has 1 atom stereocenters. The van der Waals surface area contributed by atoms with Crippen molar-refractivity contribution in [2.45, 2.75) is 18.9 Å². The number of hydrogen-bond acceptors (Lipinski definition) is 1. The van der Waals surface area contributed by atoms with Gasteiger partial charge in [-0.25, -0.2) is 0 Å². The van der Waals surface area contributed by atoms with E-state index in [1.165, 1.54) is 0 Å². The molecule has 0 bridgehead atoms. The van der Waals surface area contributed by atoms with E-state index in [4.69, 9.17) is 6.42 Å². The van der Waals surface area contributed by atoms with Crippen LogP contribution in [-0.4, -0.2) is 11.2 Å². The summed E-state index contributed by atoms with van der Waals surface area (Å²) in [6.45, 7) is 3.58.